The Bertz CT molecular complexity index is 888. The Morgan fingerprint density at radius 1 is 1.30 bits per heavy atom. The first-order chi connectivity index (χ1) is 13.1. The van der Waals surface area contributed by atoms with Gasteiger partial charge >= 0.3 is 0 Å². The van der Waals surface area contributed by atoms with Crippen molar-refractivity contribution in [3.8, 4) is 11.5 Å². The van der Waals surface area contributed by atoms with Crippen molar-refractivity contribution in [2.75, 3.05) is 11.9 Å². The molecule has 3 rings (SSSR count). The van der Waals surface area contributed by atoms with Crippen LogP contribution in [0.5, 0.6) is 11.5 Å². The van der Waals surface area contributed by atoms with Gasteiger partial charge in [-0.05, 0) is 52.7 Å². The fraction of sp³-hybridized carbons (Fsp3) is 0.222. The van der Waals surface area contributed by atoms with Gasteiger partial charge in [0.2, 0.25) is 5.95 Å². The summed E-state index contributed by atoms with van der Waals surface area (Å²) in [5, 5.41) is 9.95. The van der Waals surface area contributed by atoms with Crippen LogP contribution in [0, 0.1) is 5.82 Å². The summed E-state index contributed by atoms with van der Waals surface area (Å²) in [5.74, 6) is 1.19. The van der Waals surface area contributed by atoms with Crippen LogP contribution in [0.1, 0.15) is 18.1 Å². The molecule has 0 aliphatic carbocycles. The molecule has 27 heavy (non-hydrogen) atoms. The first kappa shape index (κ1) is 19.4. The Balaban J connectivity index is 1.79. The molecular formula is C18H17BrClFN4O2. The Labute approximate surface area is 169 Å². The standard InChI is InChI=1S/C18H17BrClFN4O2/c1-2-26-16-7-11(8-22-18-23-10-24-25-18)6-13(19)17(16)27-9-12-14(20)4-3-5-15(12)21/h3-7,10H,2,8-9H2,1H3,(H2,22,23,24,25). The number of halogens is 3. The van der Waals surface area contributed by atoms with Crippen LogP contribution in [0.3, 0.4) is 0 Å². The number of nitrogens with zero attached hydrogens (tertiary/aromatic N) is 2. The maximum absolute atomic E-state index is 14.0. The Morgan fingerprint density at radius 3 is 2.85 bits per heavy atom. The van der Waals surface area contributed by atoms with Crippen LogP contribution >= 0.6 is 27.5 Å². The second-order valence-electron chi connectivity index (χ2n) is 5.51. The van der Waals surface area contributed by atoms with Crippen molar-refractivity contribution in [1.29, 1.82) is 0 Å². The summed E-state index contributed by atoms with van der Waals surface area (Å²) in [6.45, 7) is 2.83. The van der Waals surface area contributed by atoms with E-state index in [-0.39, 0.29) is 6.61 Å². The zero-order valence-corrected chi connectivity index (χ0v) is 16.8. The number of hydrogen-bond donors (Lipinski definition) is 2. The van der Waals surface area contributed by atoms with Crippen molar-refractivity contribution >= 4 is 33.5 Å². The molecule has 142 valence electrons. The molecule has 0 radical (unpaired) electrons. The summed E-state index contributed by atoms with van der Waals surface area (Å²) in [6.07, 6.45) is 1.43. The number of aromatic nitrogens is 3. The van der Waals surface area contributed by atoms with E-state index in [0.717, 1.165) is 5.56 Å². The Hall–Kier alpha value is -2.32. The third-order valence-electron chi connectivity index (χ3n) is 3.67. The van der Waals surface area contributed by atoms with Crippen LogP contribution in [0.4, 0.5) is 10.3 Å². The highest BCUT2D eigenvalue weighted by molar-refractivity contribution is 9.10. The largest absolute Gasteiger partial charge is 0.490 e. The lowest BCUT2D eigenvalue weighted by atomic mass is 10.2. The lowest BCUT2D eigenvalue weighted by Crippen LogP contribution is -2.05. The average Bonchev–Trinajstić information content (AvgIpc) is 3.15. The number of anilines is 1. The smallest absolute Gasteiger partial charge is 0.218 e. The normalized spacial score (nSPS) is 10.7. The van der Waals surface area contributed by atoms with Gasteiger partial charge in [0.1, 0.15) is 18.8 Å². The molecule has 0 spiro atoms. The minimum Gasteiger partial charge on any atom is -0.490 e. The summed E-state index contributed by atoms with van der Waals surface area (Å²) in [5.41, 5.74) is 1.24. The third-order valence-corrected chi connectivity index (χ3v) is 4.61. The Kier molecular flexibility index (Phi) is 6.52. The van der Waals surface area contributed by atoms with Gasteiger partial charge in [0.15, 0.2) is 11.5 Å². The zero-order valence-electron chi connectivity index (χ0n) is 14.4. The maximum Gasteiger partial charge on any atom is 0.218 e. The second-order valence-corrected chi connectivity index (χ2v) is 6.78. The number of rotatable bonds is 8. The van der Waals surface area contributed by atoms with Gasteiger partial charge in [-0.3, -0.25) is 0 Å². The summed E-state index contributed by atoms with van der Waals surface area (Å²) in [4.78, 5) is 4.02. The van der Waals surface area contributed by atoms with Crippen LogP contribution in [0.25, 0.3) is 0 Å². The summed E-state index contributed by atoms with van der Waals surface area (Å²) in [6, 6.07) is 8.28. The predicted octanol–water partition coefficient (Wildman–Crippen LogP) is 4.95. The molecule has 0 aliphatic heterocycles. The highest BCUT2D eigenvalue weighted by atomic mass is 79.9. The molecule has 1 aromatic heterocycles. The Morgan fingerprint density at radius 2 is 2.15 bits per heavy atom. The molecule has 0 bridgehead atoms. The molecule has 0 aliphatic rings. The quantitative estimate of drug-likeness (QED) is 0.503. The maximum atomic E-state index is 14.0. The number of ether oxygens (including phenoxy) is 2. The van der Waals surface area contributed by atoms with Crippen molar-refractivity contribution in [3.05, 3.63) is 63.1 Å². The molecule has 3 aromatic rings. The fourth-order valence-electron chi connectivity index (χ4n) is 2.42. The zero-order chi connectivity index (χ0) is 19.2. The topological polar surface area (TPSA) is 72.1 Å². The molecule has 0 fully saturated rings. The fourth-order valence-corrected chi connectivity index (χ4v) is 3.24. The van der Waals surface area contributed by atoms with E-state index in [9.17, 15) is 4.39 Å². The van der Waals surface area contributed by atoms with Crippen molar-refractivity contribution < 1.29 is 13.9 Å². The van der Waals surface area contributed by atoms with Gasteiger partial charge in [0.25, 0.3) is 0 Å². The lowest BCUT2D eigenvalue weighted by Gasteiger charge is -2.16. The van der Waals surface area contributed by atoms with E-state index in [1.165, 1.54) is 12.4 Å². The molecule has 1 heterocycles. The summed E-state index contributed by atoms with van der Waals surface area (Å²) < 4.78 is 26.2. The summed E-state index contributed by atoms with van der Waals surface area (Å²) in [7, 11) is 0. The molecule has 6 nitrogen and oxygen atoms in total. The number of aromatic amines is 1. The predicted molar refractivity (Wildman–Crippen MR) is 105 cm³/mol. The van der Waals surface area contributed by atoms with E-state index >= 15 is 0 Å². The molecule has 9 heteroatoms. The number of nitrogens with one attached hydrogen (secondary N) is 2. The van der Waals surface area contributed by atoms with Crippen molar-refractivity contribution in [2.45, 2.75) is 20.1 Å². The van der Waals surface area contributed by atoms with Gasteiger partial charge in [0.05, 0.1) is 16.1 Å². The summed E-state index contributed by atoms with van der Waals surface area (Å²) >= 11 is 9.57. The SMILES string of the molecule is CCOc1cc(CNc2ncn[nH]2)cc(Br)c1OCc1c(F)cccc1Cl. The molecule has 0 saturated heterocycles. The molecule has 0 saturated carbocycles. The van der Waals surface area contributed by atoms with E-state index in [0.29, 0.717) is 45.7 Å². The van der Waals surface area contributed by atoms with Crippen LogP contribution in [0.15, 0.2) is 41.1 Å². The molecule has 2 N–H and O–H groups in total. The number of benzene rings is 2. The molecule has 0 amide bonds. The van der Waals surface area contributed by atoms with Gasteiger partial charge in [0, 0.05) is 12.1 Å². The van der Waals surface area contributed by atoms with Gasteiger partial charge in [-0.2, -0.15) is 5.10 Å². The van der Waals surface area contributed by atoms with Gasteiger partial charge < -0.3 is 14.8 Å². The van der Waals surface area contributed by atoms with Crippen LogP contribution in [-0.4, -0.2) is 21.8 Å². The van der Waals surface area contributed by atoms with E-state index in [1.54, 1.807) is 12.1 Å². The number of hydrogen-bond acceptors (Lipinski definition) is 5. The highest BCUT2D eigenvalue weighted by Gasteiger charge is 2.15. The van der Waals surface area contributed by atoms with Gasteiger partial charge in [-0.15, -0.1) is 0 Å². The lowest BCUT2D eigenvalue weighted by molar-refractivity contribution is 0.264. The second kappa shape index (κ2) is 9.05. The third kappa shape index (κ3) is 4.90. The van der Waals surface area contributed by atoms with Gasteiger partial charge in [-0.1, -0.05) is 17.7 Å². The highest BCUT2D eigenvalue weighted by Crippen LogP contribution is 2.38. The minimum absolute atomic E-state index is 0.0140. The van der Waals surface area contributed by atoms with E-state index in [2.05, 4.69) is 36.4 Å². The monoisotopic (exact) mass is 454 g/mol. The van der Waals surface area contributed by atoms with Crippen molar-refractivity contribution in [3.63, 3.8) is 0 Å². The van der Waals surface area contributed by atoms with Crippen LogP contribution in [0.2, 0.25) is 5.02 Å². The van der Waals surface area contributed by atoms with Crippen LogP contribution < -0.4 is 14.8 Å². The van der Waals surface area contributed by atoms with E-state index in [4.69, 9.17) is 21.1 Å². The van der Waals surface area contributed by atoms with Crippen molar-refractivity contribution in [2.24, 2.45) is 0 Å². The van der Waals surface area contributed by atoms with Crippen molar-refractivity contribution in [1.82, 2.24) is 15.2 Å². The van der Waals surface area contributed by atoms with E-state index in [1.807, 2.05) is 19.1 Å². The minimum atomic E-state index is -0.413. The molecular weight excluding hydrogens is 439 g/mol. The number of H-pyrrole nitrogens is 1. The first-order valence-corrected chi connectivity index (χ1v) is 9.35. The molecule has 2 aromatic carbocycles. The first-order valence-electron chi connectivity index (χ1n) is 8.18. The molecule has 0 atom stereocenters. The average molecular weight is 456 g/mol. The molecule has 0 unspecified atom stereocenters. The van der Waals surface area contributed by atoms with Gasteiger partial charge in [-0.25, -0.2) is 14.5 Å². The van der Waals surface area contributed by atoms with Crippen LogP contribution in [-0.2, 0) is 13.2 Å². The van der Waals surface area contributed by atoms with E-state index < -0.39 is 5.82 Å².